The smallest absolute Gasteiger partial charge is 0.234 e. The van der Waals surface area contributed by atoms with Crippen LogP contribution in [0, 0.1) is 11.7 Å². The van der Waals surface area contributed by atoms with Crippen LogP contribution in [-0.4, -0.2) is 39.7 Å². The predicted molar refractivity (Wildman–Crippen MR) is 117 cm³/mol. The number of fused-ring (bicyclic) bond motifs is 1. The highest BCUT2D eigenvalue weighted by Gasteiger charge is 2.21. The Bertz CT molecular complexity index is 1050. The van der Waals surface area contributed by atoms with Crippen molar-refractivity contribution in [3.8, 4) is 0 Å². The van der Waals surface area contributed by atoms with Crippen LogP contribution >= 0.6 is 34.7 Å². The van der Waals surface area contributed by atoms with E-state index >= 15 is 0 Å². The Kier molecular flexibility index (Phi) is 6.17. The number of anilines is 2. The Hall–Kier alpha value is -1.97. The number of amides is 1. The second kappa shape index (κ2) is 8.81. The molecule has 1 aromatic carbocycles. The number of piperidine rings is 1. The molecule has 3 heterocycles. The minimum absolute atomic E-state index is 0.0304. The largest absolute Gasteiger partial charge is 0.348 e. The molecule has 1 N–H and O–H groups in total. The van der Waals surface area contributed by atoms with Crippen LogP contribution in [0.15, 0.2) is 29.6 Å². The van der Waals surface area contributed by atoms with E-state index in [0.29, 0.717) is 17.3 Å². The van der Waals surface area contributed by atoms with E-state index in [2.05, 4.69) is 32.1 Å². The molecule has 1 amide bonds. The van der Waals surface area contributed by atoms with Gasteiger partial charge in [0, 0.05) is 18.8 Å². The zero-order valence-electron chi connectivity index (χ0n) is 15.7. The van der Waals surface area contributed by atoms with Crippen LogP contribution in [0.25, 0.3) is 10.3 Å². The molecule has 4 rings (SSSR count). The molecule has 0 aliphatic carbocycles. The normalized spacial score (nSPS) is 16.9. The molecule has 0 saturated carbocycles. The maximum atomic E-state index is 13.2. The first-order valence-electron chi connectivity index (χ1n) is 9.24. The van der Waals surface area contributed by atoms with Crippen LogP contribution in [0.1, 0.15) is 19.8 Å². The van der Waals surface area contributed by atoms with Gasteiger partial charge in [0.2, 0.25) is 5.91 Å². The van der Waals surface area contributed by atoms with Gasteiger partial charge in [-0.15, -0.1) is 0 Å². The minimum atomic E-state index is -0.522. The fourth-order valence-corrected chi connectivity index (χ4v) is 5.33. The van der Waals surface area contributed by atoms with Crippen molar-refractivity contribution in [1.82, 2.24) is 15.0 Å². The standard InChI is InChI=1S/C19H19ClFN5OS2/c1-11-3-2-6-26(8-11)19-25-17-16(29-19)18(23-10-22-17)28-9-15(27)24-12-4-5-14(21)13(20)7-12/h4-5,7,10-11H,2-3,6,8-9H2,1H3,(H,24,27)/t11-/m1/s1. The molecular formula is C19H19ClFN5OS2. The third kappa shape index (κ3) is 4.79. The summed E-state index contributed by atoms with van der Waals surface area (Å²) in [7, 11) is 0. The van der Waals surface area contributed by atoms with E-state index in [0.717, 1.165) is 34.4 Å². The van der Waals surface area contributed by atoms with Crippen molar-refractivity contribution < 1.29 is 9.18 Å². The number of rotatable bonds is 5. The molecule has 0 radical (unpaired) electrons. The number of benzene rings is 1. The Morgan fingerprint density at radius 3 is 3.10 bits per heavy atom. The summed E-state index contributed by atoms with van der Waals surface area (Å²) < 4.78 is 14.1. The third-order valence-electron chi connectivity index (χ3n) is 4.62. The second-order valence-corrected chi connectivity index (χ2v) is 9.34. The van der Waals surface area contributed by atoms with Gasteiger partial charge in [0.15, 0.2) is 10.8 Å². The van der Waals surface area contributed by atoms with E-state index in [1.165, 1.54) is 42.7 Å². The quantitative estimate of drug-likeness (QED) is 0.442. The molecule has 29 heavy (non-hydrogen) atoms. The average Bonchev–Trinajstić information content (AvgIpc) is 3.14. The number of aromatic nitrogens is 3. The summed E-state index contributed by atoms with van der Waals surface area (Å²) in [6.45, 7) is 4.26. The molecule has 0 spiro atoms. The molecular weight excluding hydrogens is 433 g/mol. The molecule has 1 saturated heterocycles. The molecule has 1 fully saturated rings. The van der Waals surface area contributed by atoms with Gasteiger partial charge in [-0.05, 0) is 37.0 Å². The second-order valence-electron chi connectivity index (χ2n) is 6.99. The first-order chi connectivity index (χ1) is 14.0. The van der Waals surface area contributed by atoms with E-state index in [9.17, 15) is 9.18 Å². The molecule has 3 aromatic rings. The van der Waals surface area contributed by atoms with Crippen molar-refractivity contribution in [2.24, 2.45) is 5.92 Å². The molecule has 2 aromatic heterocycles. The average molecular weight is 452 g/mol. The van der Waals surface area contributed by atoms with Crippen molar-refractivity contribution in [1.29, 1.82) is 0 Å². The van der Waals surface area contributed by atoms with Gasteiger partial charge in [0.05, 0.1) is 10.8 Å². The number of nitrogens with one attached hydrogen (secondary N) is 1. The summed E-state index contributed by atoms with van der Waals surface area (Å²) in [5.41, 5.74) is 1.11. The number of halogens is 2. The lowest BCUT2D eigenvalue weighted by atomic mass is 10.0. The van der Waals surface area contributed by atoms with E-state index in [1.807, 2.05) is 0 Å². The van der Waals surface area contributed by atoms with E-state index < -0.39 is 5.82 Å². The predicted octanol–water partition coefficient (Wildman–Crippen LogP) is 4.85. The molecule has 152 valence electrons. The van der Waals surface area contributed by atoms with Crippen LogP contribution in [-0.2, 0) is 4.79 Å². The van der Waals surface area contributed by atoms with Crippen LogP contribution in [0.3, 0.4) is 0 Å². The topological polar surface area (TPSA) is 71.0 Å². The van der Waals surface area contributed by atoms with Crippen LogP contribution in [0.2, 0.25) is 5.02 Å². The fraction of sp³-hybridized carbons (Fsp3) is 0.368. The SMILES string of the molecule is C[C@@H]1CCCN(c2nc3ncnc(SCC(=O)Nc4ccc(F)c(Cl)c4)c3s2)C1. The van der Waals surface area contributed by atoms with Gasteiger partial charge in [0.25, 0.3) is 0 Å². The number of nitrogens with zero attached hydrogens (tertiary/aromatic N) is 4. The summed E-state index contributed by atoms with van der Waals surface area (Å²) in [5.74, 6) is 0.0691. The summed E-state index contributed by atoms with van der Waals surface area (Å²) >= 11 is 8.65. The first kappa shape index (κ1) is 20.3. The van der Waals surface area contributed by atoms with E-state index in [4.69, 9.17) is 11.6 Å². The van der Waals surface area contributed by atoms with Gasteiger partial charge in [0.1, 0.15) is 21.9 Å². The van der Waals surface area contributed by atoms with Crippen molar-refractivity contribution in [3.63, 3.8) is 0 Å². The number of carbonyl (C=O) groups is 1. The highest BCUT2D eigenvalue weighted by molar-refractivity contribution is 8.00. The van der Waals surface area contributed by atoms with Crippen molar-refractivity contribution in [3.05, 3.63) is 35.4 Å². The lowest BCUT2D eigenvalue weighted by molar-refractivity contribution is -0.113. The molecule has 0 bridgehead atoms. The summed E-state index contributed by atoms with van der Waals surface area (Å²) in [6, 6.07) is 4.08. The molecule has 1 atom stereocenters. The fourth-order valence-electron chi connectivity index (χ4n) is 3.23. The van der Waals surface area contributed by atoms with Crippen molar-refractivity contribution in [2.45, 2.75) is 24.8 Å². The first-order valence-corrected chi connectivity index (χ1v) is 11.4. The monoisotopic (exact) mass is 451 g/mol. The maximum Gasteiger partial charge on any atom is 0.234 e. The third-order valence-corrected chi connectivity index (χ3v) is 7.14. The Balaban J connectivity index is 1.44. The summed E-state index contributed by atoms with van der Waals surface area (Å²) in [4.78, 5) is 27.9. The van der Waals surface area contributed by atoms with Gasteiger partial charge < -0.3 is 10.2 Å². The van der Waals surface area contributed by atoms with E-state index in [-0.39, 0.29) is 16.7 Å². The zero-order chi connectivity index (χ0) is 20.4. The number of thioether (sulfide) groups is 1. The van der Waals surface area contributed by atoms with Crippen molar-refractivity contribution in [2.75, 3.05) is 29.1 Å². The summed E-state index contributed by atoms with van der Waals surface area (Å²) in [5, 5.41) is 4.38. The molecule has 10 heteroatoms. The van der Waals surface area contributed by atoms with Gasteiger partial charge in [-0.3, -0.25) is 4.79 Å². The maximum absolute atomic E-state index is 13.2. The van der Waals surface area contributed by atoms with Crippen LogP contribution < -0.4 is 10.2 Å². The molecule has 6 nitrogen and oxygen atoms in total. The number of carbonyl (C=O) groups excluding carboxylic acids is 1. The minimum Gasteiger partial charge on any atom is -0.348 e. The van der Waals surface area contributed by atoms with Gasteiger partial charge in [-0.25, -0.2) is 14.4 Å². The lowest BCUT2D eigenvalue weighted by Crippen LogP contribution is -2.34. The molecule has 0 unspecified atom stereocenters. The summed E-state index contributed by atoms with van der Waals surface area (Å²) in [6.07, 6.45) is 3.89. The van der Waals surface area contributed by atoms with Gasteiger partial charge in [-0.2, -0.15) is 4.98 Å². The highest BCUT2D eigenvalue weighted by atomic mass is 35.5. The number of hydrogen-bond acceptors (Lipinski definition) is 7. The lowest BCUT2D eigenvalue weighted by Gasteiger charge is -2.30. The van der Waals surface area contributed by atoms with Crippen molar-refractivity contribution >= 4 is 61.8 Å². The highest BCUT2D eigenvalue weighted by Crippen LogP contribution is 2.35. The zero-order valence-corrected chi connectivity index (χ0v) is 18.1. The van der Waals surface area contributed by atoms with Gasteiger partial charge in [-0.1, -0.05) is 41.6 Å². The Labute approximate surface area is 180 Å². The Morgan fingerprint density at radius 2 is 2.31 bits per heavy atom. The molecule has 1 aliphatic rings. The Morgan fingerprint density at radius 1 is 1.45 bits per heavy atom. The van der Waals surface area contributed by atoms with E-state index in [1.54, 1.807) is 11.3 Å². The van der Waals surface area contributed by atoms with Crippen LogP contribution in [0.4, 0.5) is 15.2 Å². The van der Waals surface area contributed by atoms with Gasteiger partial charge >= 0.3 is 0 Å². The number of hydrogen-bond donors (Lipinski definition) is 1. The van der Waals surface area contributed by atoms with Crippen LogP contribution in [0.5, 0.6) is 0 Å². The molecule has 1 aliphatic heterocycles. The number of thiazole rings is 1.